The van der Waals surface area contributed by atoms with Crippen molar-refractivity contribution in [3.63, 3.8) is 0 Å². The van der Waals surface area contributed by atoms with Crippen molar-refractivity contribution in [1.29, 1.82) is 0 Å². The summed E-state index contributed by atoms with van der Waals surface area (Å²) in [6.07, 6.45) is 1.01. The molecule has 0 spiro atoms. The molecular weight excluding hydrogens is 186 g/mol. The zero-order valence-electron chi connectivity index (χ0n) is 7.51. The van der Waals surface area contributed by atoms with E-state index in [0.29, 0.717) is 0 Å². The summed E-state index contributed by atoms with van der Waals surface area (Å²) in [4.78, 5) is 0. The van der Waals surface area contributed by atoms with Crippen LogP contribution >= 0.6 is 0 Å². The lowest BCUT2D eigenvalue weighted by Crippen LogP contribution is -3.00. The lowest BCUT2D eigenvalue weighted by Gasteiger charge is -1.98. The van der Waals surface area contributed by atoms with E-state index in [2.05, 4.69) is 6.07 Å². The Labute approximate surface area is 83.8 Å². The maximum Gasteiger partial charge on any atom is 0.176 e. The Morgan fingerprint density at radius 1 is 1.46 bits per heavy atom. The monoisotopic (exact) mass is 197 g/mol. The van der Waals surface area contributed by atoms with Crippen molar-refractivity contribution in [2.24, 2.45) is 0 Å². The van der Waals surface area contributed by atoms with E-state index >= 15 is 0 Å². The minimum Gasteiger partial charge on any atom is -1.00 e. The van der Waals surface area contributed by atoms with Gasteiger partial charge in [-0.05, 0) is 23.8 Å². The fraction of sp³-hybridized carbons (Fsp3) is 0.300. The molecule has 1 aromatic rings. The molecule has 2 rings (SSSR count). The average Bonchev–Trinajstić information content (AvgIpc) is 2.49. The highest BCUT2D eigenvalue weighted by atomic mass is 35.5. The van der Waals surface area contributed by atoms with Crippen LogP contribution in [0.15, 0.2) is 18.2 Å². The summed E-state index contributed by atoms with van der Waals surface area (Å²) >= 11 is 0. The number of halogens is 1. The van der Waals surface area contributed by atoms with Gasteiger partial charge in [-0.2, -0.15) is 0 Å². The highest BCUT2D eigenvalue weighted by molar-refractivity contribution is 5.94. The van der Waals surface area contributed by atoms with Crippen LogP contribution in [0.5, 0.6) is 5.75 Å². The molecule has 1 aliphatic heterocycles. The van der Waals surface area contributed by atoms with Gasteiger partial charge in [-0.25, -0.2) is 0 Å². The van der Waals surface area contributed by atoms with Gasteiger partial charge in [-0.1, -0.05) is 0 Å². The molecule has 0 aromatic heterocycles. The van der Waals surface area contributed by atoms with Crippen molar-refractivity contribution < 1.29 is 22.6 Å². The summed E-state index contributed by atoms with van der Waals surface area (Å²) < 4.78 is 5.38. The molecule has 0 amide bonds. The molecule has 1 heterocycles. The van der Waals surface area contributed by atoms with Crippen molar-refractivity contribution >= 4 is 5.71 Å². The third kappa shape index (κ3) is 1.83. The van der Waals surface area contributed by atoms with Crippen molar-refractivity contribution in [3.8, 4) is 5.75 Å². The fourth-order valence-corrected chi connectivity index (χ4v) is 1.43. The molecule has 0 radical (unpaired) electrons. The van der Waals surface area contributed by atoms with Crippen molar-refractivity contribution in [3.05, 3.63) is 29.3 Å². The molecule has 0 saturated heterocycles. The van der Waals surface area contributed by atoms with Gasteiger partial charge in [-0.3, -0.25) is 5.41 Å². The van der Waals surface area contributed by atoms with Crippen molar-refractivity contribution in [2.45, 2.75) is 13.3 Å². The number of fused-ring (bicyclic) bond motifs is 1. The van der Waals surface area contributed by atoms with Gasteiger partial charge in [0.05, 0.1) is 6.61 Å². The van der Waals surface area contributed by atoms with Gasteiger partial charge in [0.1, 0.15) is 5.75 Å². The molecule has 0 aliphatic carbocycles. The van der Waals surface area contributed by atoms with Gasteiger partial charge in [-0.15, -0.1) is 0 Å². The molecule has 70 valence electrons. The summed E-state index contributed by atoms with van der Waals surface area (Å²) in [7, 11) is 0. The second kappa shape index (κ2) is 3.79. The first-order chi connectivity index (χ1) is 5.77. The van der Waals surface area contributed by atoms with Crippen molar-refractivity contribution in [1.82, 2.24) is 0 Å². The number of benzene rings is 1. The second-order valence-electron chi connectivity index (χ2n) is 3.10. The van der Waals surface area contributed by atoms with Gasteiger partial charge in [0.25, 0.3) is 0 Å². The van der Waals surface area contributed by atoms with Gasteiger partial charge in [0.2, 0.25) is 0 Å². The molecule has 1 aliphatic rings. The van der Waals surface area contributed by atoms with Gasteiger partial charge >= 0.3 is 0 Å². The molecular formula is C10H12ClNO. The topological polar surface area (TPSA) is 34.8 Å². The lowest BCUT2D eigenvalue weighted by atomic mass is 10.1. The Hall–Kier alpha value is -1.02. The molecule has 2 N–H and O–H groups in total. The quantitative estimate of drug-likeness (QED) is 0.485. The minimum absolute atomic E-state index is 0. The predicted octanol–water partition coefficient (Wildman–Crippen LogP) is -2.81. The number of nitrogens with two attached hydrogens (primary N) is 1. The summed E-state index contributed by atoms with van der Waals surface area (Å²) in [5, 5.41) is 5.68. The normalized spacial score (nSPS) is 12.7. The smallest absolute Gasteiger partial charge is 0.176 e. The first kappa shape index (κ1) is 10.1. The van der Waals surface area contributed by atoms with E-state index in [4.69, 9.17) is 10.1 Å². The number of ether oxygens (including phenoxy) is 1. The maximum atomic E-state index is 5.68. The van der Waals surface area contributed by atoms with E-state index in [9.17, 15) is 0 Å². The highest BCUT2D eigenvalue weighted by Gasteiger charge is 2.13. The summed E-state index contributed by atoms with van der Waals surface area (Å²) in [5.41, 5.74) is 3.25. The highest BCUT2D eigenvalue weighted by Crippen LogP contribution is 2.25. The molecule has 1 aromatic carbocycles. The zero-order valence-corrected chi connectivity index (χ0v) is 8.27. The van der Waals surface area contributed by atoms with Crippen LogP contribution in [0.3, 0.4) is 0 Å². The van der Waals surface area contributed by atoms with E-state index in [1.165, 1.54) is 5.56 Å². The van der Waals surface area contributed by atoms with Crippen LogP contribution < -0.4 is 22.6 Å². The fourth-order valence-electron chi connectivity index (χ4n) is 1.43. The third-order valence-corrected chi connectivity index (χ3v) is 2.14. The van der Waals surface area contributed by atoms with Crippen LogP contribution in [0.1, 0.15) is 18.1 Å². The van der Waals surface area contributed by atoms with Crippen LogP contribution in [0.2, 0.25) is 0 Å². The Balaban J connectivity index is 0.000000845. The number of hydrogen-bond acceptors (Lipinski definition) is 1. The van der Waals surface area contributed by atoms with Crippen LogP contribution in [0, 0.1) is 0 Å². The Kier molecular flexibility index (Phi) is 2.94. The summed E-state index contributed by atoms with van der Waals surface area (Å²) in [5.74, 6) is 1.01. The molecule has 0 bridgehead atoms. The SMILES string of the molecule is CC(=[NH2+])c1ccc2c(c1)CCO2.[Cl-]. The summed E-state index contributed by atoms with van der Waals surface area (Å²) in [6, 6.07) is 6.10. The van der Waals surface area contributed by atoms with Gasteiger partial charge in [0, 0.05) is 18.9 Å². The first-order valence-electron chi connectivity index (χ1n) is 4.12. The zero-order chi connectivity index (χ0) is 8.55. The van der Waals surface area contributed by atoms with E-state index in [1.54, 1.807) is 0 Å². The summed E-state index contributed by atoms with van der Waals surface area (Å²) in [6.45, 7) is 2.72. The number of rotatable bonds is 1. The molecule has 0 atom stereocenters. The van der Waals surface area contributed by atoms with E-state index in [0.717, 1.165) is 30.1 Å². The largest absolute Gasteiger partial charge is 1.00 e. The molecule has 13 heavy (non-hydrogen) atoms. The average molecular weight is 198 g/mol. The Morgan fingerprint density at radius 3 is 2.92 bits per heavy atom. The lowest BCUT2D eigenvalue weighted by molar-refractivity contribution is -0.113. The first-order valence-corrected chi connectivity index (χ1v) is 4.12. The van der Waals surface area contributed by atoms with Crippen LogP contribution in [-0.4, -0.2) is 12.3 Å². The van der Waals surface area contributed by atoms with Crippen LogP contribution in [-0.2, 0) is 6.42 Å². The standard InChI is InChI=1S/C10H11NO.ClH/c1-7(11)8-2-3-10-9(6-8)4-5-12-10;/h2-3,6,11H,4-5H2,1H3;1H. The van der Waals surface area contributed by atoms with E-state index in [1.807, 2.05) is 19.1 Å². The van der Waals surface area contributed by atoms with E-state index < -0.39 is 0 Å². The minimum atomic E-state index is 0. The van der Waals surface area contributed by atoms with Crippen molar-refractivity contribution in [2.75, 3.05) is 6.61 Å². The Bertz CT molecular complexity index is 336. The van der Waals surface area contributed by atoms with Gasteiger partial charge in [0.15, 0.2) is 5.71 Å². The molecule has 2 nitrogen and oxygen atoms in total. The molecule has 3 heteroatoms. The van der Waals surface area contributed by atoms with Gasteiger partial charge < -0.3 is 17.1 Å². The molecule has 0 fully saturated rings. The third-order valence-electron chi connectivity index (χ3n) is 2.14. The van der Waals surface area contributed by atoms with E-state index in [-0.39, 0.29) is 12.4 Å². The number of hydrogen-bond donors (Lipinski definition) is 1. The molecule has 0 unspecified atom stereocenters. The van der Waals surface area contributed by atoms with Crippen LogP contribution in [0.4, 0.5) is 0 Å². The predicted molar refractivity (Wildman–Crippen MR) is 47.3 cm³/mol. The maximum absolute atomic E-state index is 5.68. The second-order valence-corrected chi connectivity index (χ2v) is 3.10. The molecule has 0 saturated carbocycles. The van der Waals surface area contributed by atoms with Crippen LogP contribution in [0.25, 0.3) is 0 Å². The Morgan fingerprint density at radius 2 is 2.23 bits per heavy atom.